The highest BCUT2D eigenvalue weighted by Crippen LogP contribution is 2.29. The number of aliphatic carboxylic acids is 1. The van der Waals surface area contributed by atoms with Crippen LogP contribution in [-0.2, 0) is 4.79 Å². The van der Waals surface area contributed by atoms with Crippen LogP contribution in [0.4, 0.5) is 0 Å². The van der Waals surface area contributed by atoms with Gasteiger partial charge in [-0.25, -0.2) is 9.78 Å². The van der Waals surface area contributed by atoms with Gasteiger partial charge >= 0.3 is 5.97 Å². The lowest BCUT2D eigenvalue weighted by molar-refractivity contribution is -0.159. The Morgan fingerprint density at radius 2 is 1.92 bits per heavy atom. The van der Waals surface area contributed by atoms with Crippen molar-refractivity contribution in [1.29, 1.82) is 0 Å². The molecular formula is C17H20N4O4. The highest BCUT2D eigenvalue weighted by atomic mass is 16.5. The van der Waals surface area contributed by atoms with E-state index in [9.17, 15) is 14.7 Å². The molecule has 1 aliphatic rings. The summed E-state index contributed by atoms with van der Waals surface area (Å²) in [5.41, 5.74) is 0.272. The van der Waals surface area contributed by atoms with Gasteiger partial charge in [0.15, 0.2) is 5.82 Å². The molecule has 0 aromatic carbocycles. The summed E-state index contributed by atoms with van der Waals surface area (Å²) in [6.45, 7) is 4.23. The van der Waals surface area contributed by atoms with Gasteiger partial charge in [-0.2, -0.15) is 0 Å². The number of hydrogen-bond acceptors (Lipinski definition) is 5. The van der Waals surface area contributed by atoms with E-state index < -0.39 is 11.6 Å². The number of aryl methyl sites for hydroxylation is 2. The molecule has 1 amide bonds. The number of carbonyl (C=O) groups excluding carboxylic acids is 1. The molecule has 0 atom stereocenters. The molecule has 0 saturated carbocycles. The molecule has 1 fully saturated rings. The number of nitrogens with one attached hydrogen (secondary N) is 1. The number of carboxylic acid groups (broad SMARTS) is 1. The number of carbonyl (C=O) groups is 2. The Bertz CT molecular complexity index is 776. The third-order valence-electron chi connectivity index (χ3n) is 4.35. The van der Waals surface area contributed by atoms with Gasteiger partial charge in [0.05, 0.1) is 6.20 Å². The number of aromatic amines is 1. The monoisotopic (exact) mass is 344 g/mol. The standard InChI is InChI=1S/C17H20N4O4/c1-11-3-4-13(10-18-11)25-17(16(23)24)5-7-21(8-6-17)15(22)14-19-9-12(2)20-14/h3-4,9-10H,5-8H2,1-2H3,(H,19,20)(H,23,24). The summed E-state index contributed by atoms with van der Waals surface area (Å²) >= 11 is 0. The van der Waals surface area contributed by atoms with Crippen molar-refractivity contribution < 1.29 is 19.4 Å². The quantitative estimate of drug-likeness (QED) is 0.871. The van der Waals surface area contributed by atoms with Crippen molar-refractivity contribution in [2.45, 2.75) is 32.3 Å². The third kappa shape index (κ3) is 3.47. The van der Waals surface area contributed by atoms with Gasteiger partial charge in [0.1, 0.15) is 5.75 Å². The molecule has 3 rings (SSSR count). The van der Waals surface area contributed by atoms with E-state index in [2.05, 4.69) is 15.0 Å². The minimum absolute atomic E-state index is 0.196. The van der Waals surface area contributed by atoms with E-state index in [1.807, 2.05) is 13.8 Å². The summed E-state index contributed by atoms with van der Waals surface area (Å²) < 4.78 is 5.77. The number of hydrogen-bond donors (Lipinski definition) is 2. The minimum atomic E-state index is -1.35. The average molecular weight is 344 g/mol. The maximum absolute atomic E-state index is 12.4. The predicted molar refractivity (Wildman–Crippen MR) is 88.4 cm³/mol. The number of nitrogens with zero attached hydrogens (tertiary/aromatic N) is 3. The summed E-state index contributed by atoms with van der Waals surface area (Å²) in [7, 11) is 0. The van der Waals surface area contributed by atoms with Gasteiger partial charge in [0.25, 0.3) is 5.91 Å². The molecule has 2 N–H and O–H groups in total. The van der Waals surface area contributed by atoms with Crippen LogP contribution in [0.2, 0.25) is 0 Å². The number of H-pyrrole nitrogens is 1. The Morgan fingerprint density at radius 1 is 1.20 bits per heavy atom. The molecule has 0 unspecified atom stereocenters. The number of pyridine rings is 1. The zero-order valence-corrected chi connectivity index (χ0v) is 14.2. The molecule has 2 aromatic rings. The Labute approximate surface area is 144 Å². The Hall–Kier alpha value is -2.90. The molecule has 0 aliphatic carbocycles. The molecule has 1 saturated heterocycles. The van der Waals surface area contributed by atoms with E-state index in [4.69, 9.17) is 4.74 Å². The molecule has 3 heterocycles. The number of carboxylic acids is 1. The van der Waals surface area contributed by atoms with Crippen LogP contribution in [0.25, 0.3) is 0 Å². The molecular weight excluding hydrogens is 324 g/mol. The molecule has 0 radical (unpaired) electrons. The van der Waals surface area contributed by atoms with Crippen LogP contribution >= 0.6 is 0 Å². The van der Waals surface area contributed by atoms with Crippen LogP contribution in [0.1, 0.15) is 34.8 Å². The molecule has 0 bridgehead atoms. The second-order valence-corrected chi connectivity index (χ2v) is 6.24. The summed E-state index contributed by atoms with van der Waals surface area (Å²) in [4.78, 5) is 36.9. The van der Waals surface area contributed by atoms with Crippen molar-refractivity contribution in [1.82, 2.24) is 19.9 Å². The van der Waals surface area contributed by atoms with Crippen molar-refractivity contribution in [2.75, 3.05) is 13.1 Å². The maximum atomic E-state index is 12.4. The number of imidazole rings is 1. The first-order chi connectivity index (χ1) is 11.9. The molecule has 132 valence electrons. The van der Waals surface area contributed by atoms with Gasteiger partial charge in [-0.15, -0.1) is 0 Å². The first kappa shape index (κ1) is 16.9. The van der Waals surface area contributed by atoms with Crippen LogP contribution in [0.3, 0.4) is 0 Å². The van der Waals surface area contributed by atoms with E-state index in [1.54, 1.807) is 23.2 Å². The van der Waals surface area contributed by atoms with Crippen molar-refractivity contribution in [3.63, 3.8) is 0 Å². The van der Waals surface area contributed by atoms with Crippen molar-refractivity contribution in [3.8, 4) is 5.75 Å². The molecule has 25 heavy (non-hydrogen) atoms. The molecule has 8 nitrogen and oxygen atoms in total. The van der Waals surface area contributed by atoms with Gasteiger partial charge < -0.3 is 19.7 Å². The van der Waals surface area contributed by atoms with Crippen LogP contribution in [0.5, 0.6) is 5.75 Å². The normalized spacial score (nSPS) is 16.5. The number of rotatable bonds is 4. The van der Waals surface area contributed by atoms with Crippen molar-refractivity contribution in [3.05, 3.63) is 41.7 Å². The number of piperidine rings is 1. The second-order valence-electron chi connectivity index (χ2n) is 6.24. The smallest absolute Gasteiger partial charge is 0.348 e. The van der Waals surface area contributed by atoms with Gasteiger partial charge in [0.2, 0.25) is 5.60 Å². The maximum Gasteiger partial charge on any atom is 0.348 e. The lowest BCUT2D eigenvalue weighted by atomic mass is 9.91. The SMILES string of the molecule is Cc1ccc(OC2(C(=O)O)CCN(C(=O)c3ncc(C)[nH]3)CC2)cn1. The largest absolute Gasteiger partial charge is 0.478 e. The first-order valence-electron chi connectivity index (χ1n) is 8.05. The van der Waals surface area contributed by atoms with E-state index in [-0.39, 0.29) is 37.7 Å². The lowest BCUT2D eigenvalue weighted by Gasteiger charge is -2.38. The van der Waals surface area contributed by atoms with E-state index in [0.29, 0.717) is 5.75 Å². The van der Waals surface area contributed by atoms with Gasteiger partial charge in [0, 0.05) is 43.5 Å². The van der Waals surface area contributed by atoms with Gasteiger partial charge in [-0.05, 0) is 26.0 Å². The van der Waals surface area contributed by atoms with Crippen molar-refractivity contribution in [2.24, 2.45) is 0 Å². The molecule has 0 spiro atoms. The third-order valence-corrected chi connectivity index (χ3v) is 4.35. The Morgan fingerprint density at radius 3 is 2.44 bits per heavy atom. The zero-order valence-electron chi connectivity index (χ0n) is 14.2. The Balaban J connectivity index is 1.71. The van der Waals surface area contributed by atoms with Crippen molar-refractivity contribution >= 4 is 11.9 Å². The summed E-state index contributed by atoms with van der Waals surface area (Å²) in [5.74, 6) is -0.587. The Kier molecular flexibility index (Phi) is 4.43. The van der Waals surface area contributed by atoms with Crippen LogP contribution in [0, 0.1) is 13.8 Å². The summed E-state index contributed by atoms with van der Waals surface area (Å²) in [6.07, 6.45) is 3.50. The molecule has 2 aromatic heterocycles. The predicted octanol–water partition coefficient (Wildman–Crippen LogP) is 1.56. The van der Waals surface area contributed by atoms with Crippen LogP contribution in [-0.4, -0.2) is 55.5 Å². The van der Waals surface area contributed by atoms with Crippen LogP contribution < -0.4 is 4.74 Å². The van der Waals surface area contributed by atoms with Crippen LogP contribution in [0.15, 0.2) is 24.5 Å². The zero-order chi connectivity index (χ0) is 18.0. The highest BCUT2D eigenvalue weighted by Gasteiger charge is 2.45. The topological polar surface area (TPSA) is 108 Å². The van der Waals surface area contributed by atoms with Gasteiger partial charge in [-0.3, -0.25) is 9.78 Å². The fraction of sp³-hybridized carbons (Fsp3) is 0.412. The fourth-order valence-corrected chi connectivity index (χ4v) is 2.84. The van der Waals surface area contributed by atoms with E-state index in [1.165, 1.54) is 6.20 Å². The second kappa shape index (κ2) is 6.54. The average Bonchev–Trinajstić information content (AvgIpc) is 3.03. The minimum Gasteiger partial charge on any atom is -0.478 e. The number of likely N-dealkylation sites (tertiary alicyclic amines) is 1. The molecule has 1 aliphatic heterocycles. The van der Waals surface area contributed by atoms with E-state index in [0.717, 1.165) is 11.4 Å². The highest BCUT2D eigenvalue weighted by molar-refractivity contribution is 5.91. The summed E-state index contributed by atoms with van der Waals surface area (Å²) in [6, 6.07) is 3.47. The fourth-order valence-electron chi connectivity index (χ4n) is 2.84. The number of aromatic nitrogens is 3. The molecule has 8 heteroatoms. The summed E-state index contributed by atoms with van der Waals surface area (Å²) in [5, 5.41) is 9.68. The number of amides is 1. The van der Waals surface area contributed by atoms with Gasteiger partial charge in [-0.1, -0.05) is 0 Å². The van der Waals surface area contributed by atoms with E-state index >= 15 is 0 Å². The number of ether oxygens (including phenoxy) is 1. The lowest BCUT2D eigenvalue weighted by Crippen LogP contribution is -2.54. The first-order valence-corrected chi connectivity index (χ1v) is 8.05.